The van der Waals surface area contributed by atoms with E-state index in [1.165, 1.54) is 5.57 Å². The number of hydrogen-bond acceptors (Lipinski definition) is 4. The zero-order valence-corrected chi connectivity index (χ0v) is 12.1. The van der Waals surface area contributed by atoms with Crippen LogP contribution in [0.2, 0.25) is 0 Å². The highest BCUT2D eigenvalue weighted by molar-refractivity contribution is 5.97. The molecule has 1 aliphatic heterocycles. The van der Waals surface area contributed by atoms with Crippen molar-refractivity contribution < 1.29 is 20.9 Å². The molecule has 0 radical (unpaired) electrons. The Morgan fingerprint density at radius 3 is 1.74 bits per heavy atom. The minimum absolute atomic E-state index is 0. The maximum atomic E-state index is 10.7. The first-order valence-electron chi connectivity index (χ1n) is 6.10. The molecular weight excluding hydrogens is 244 g/mol. The summed E-state index contributed by atoms with van der Waals surface area (Å²) in [6.07, 6.45) is 0.736. The molecular formula is C15H24O4. The van der Waals surface area contributed by atoms with Gasteiger partial charge in [0, 0.05) is 19.0 Å². The van der Waals surface area contributed by atoms with Gasteiger partial charge < -0.3 is 9.84 Å². The van der Waals surface area contributed by atoms with Crippen molar-refractivity contribution in [1.82, 2.24) is 0 Å². The summed E-state index contributed by atoms with van der Waals surface area (Å²) in [5, 5.41) is 8.84. The van der Waals surface area contributed by atoms with E-state index < -0.39 is 12.3 Å². The number of rotatable bonds is 0. The lowest BCUT2D eigenvalue weighted by molar-refractivity contribution is -0.151. The van der Waals surface area contributed by atoms with E-state index in [4.69, 9.17) is 5.11 Å². The number of hydrogen-bond donors (Lipinski definition) is 1. The average Bonchev–Trinajstić information content (AvgIpc) is 2.81. The van der Waals surface area contributed by atoms with Crippen molar-refractivity contribution in [3.8, 4) is 0 Å². The molecule has 0 amide bonds. The van der Waals surface area contributed by atoms with E-state index in [2.05, 4.69) is 17.9 Å². The molecule has 0 saturated heterocycles. The second-order valence-electron chi connectivity index (χ2n) is 4.39. The van der Waals surface area contributed by atoms with E-state index in [0.29, 0.717) is 16.9 Å². The van der Waals surface area contributed by atoms with Crippen LogP contribution < -0.4 is 0 Å². The first kappa shape index (κ1) is 17.3. The van der Waals surface area contributed by atoms with Gasteiger partial charge in [0.1, 0.15) is 0 Å². The summed E-state index contributed by atoms with van der Waals surface area (Å²) in [5.74, 6) is -0.0810. The number of esters is 1. The van der Waals surface area contributed by atoms with Crippen LogP contribution in [-0.2, 0) is 14.3 Å². The third-order valence-electron chi connectivity index (χ3n) is 3.27. The summed E-state index contributed by atoms with van der Waals surface area (Å²) in [4.78, 5) is 21.3. The van der Waals surface area contributed by atoms with Crippen molar-refractivity contribution >= 4 is 11.8 Å². The number of aliphatic hydroxyl groups excluding tert-OH is 1. The molecule has 0 fully saturated rings. The van der Waals surface area contributed by atoms with Crippen LogP contribution in [0.1, 0.15) is 42.0 Å². The number of aliphatic hydroxyl groups is 1. The smallest absolute Gasteiger partial charge is 0.336 e. The second kappa shape index (κ2) is 7.69. The van der Waals surface area contributed by atoms with Crippen molar-refractivity contribution in [1.29, 1.82) is 0 Å². The van der Waals surface area contributed by atoms with Crippen LogP contribution in [0, 0.1) is 0 Å². The number of carbonyl (C=O) groups excluding carboxylic acids is 2. The Kier molecular flexibility index (Phi) is 7.01. The first-order chi connectivity index (χ1) is 8.84. The Labute approximate surface area is 115 Å². The van der Waals surface area contributed by atoms with Crippen LogP contribution in [0.5, 0.6) is 0 Å². The Bertz CT molecular complexity index is 435. The van der Waals surface area contributed by atoms with Gasteiger partial charge in [-0.25, -0.2) is 4.79 Å². The number of allylic oxidation sites excluding steroid dienone is 2. The molecule has 1 aliphatic carbocycles. The summed E-state index contributed by atoms with van der Waals surface area (Å²) in [6.45, 7) is 13.2. The number of ketones is 1. The molecule has 1 N–H and O–H groups in total. The van der Waals surface area contributed by atoms with Crippen LogP contribution >= 0.6 is 0 Å². The fourth-order valence-corrected chi connectivity index (χ4v) is 1.54. The van der Waals surface area contributed by atoms with Gasteiger partial charge in [0.05, 0.1) is 0 Å². The molecule has 19 heavy (non-hydrogen) atoms. The minimum Gasteiger partial charge on any atom is -0.428 e. The van der Waals surface area contributed by atoms with Crippen LogP contribution in [0.25, 0.3) is 0 Å². The fraction of sp³-hybridized carbons (Fsp3) is 0.467. The highest BCUT2D eigenvalue weighted by Crippen LogP contribution is 2.20. The predicted molar refractivity (Wildman–Crippen MR) is 76.5 cm³/mol. The summed E-state index contributed by atoms with van der Waals surface area (Å²) in [7, 11) is 0. The fourth-order valence-electron chi connectivity index (χ4n) is 1.54. The summed E-state index contributed by atoms with van der Waals surface area (Å²) in [5.41, 5.74) is 3.39. The van der Waals surface area contributed by atoms with E-state index >= 15 is 0 Å². The van der Waals surface area contributed by atoms with Crippen molar-refractivity contribution in [3.63, 3.8) is 0 Å². The highest BCUT2D eigenvalue weighted by Gasteiger charge is 2.25. The molecule has 1 atom stereocenters. The van der Waals surface area contributed by atoms with Gasteiger partial charge in [0.15, 0.2) is 5.78 Å². The second-order valence-corrected chi connectivity index (χ2v) is 4.39. The molecule has 0 aromatic carbocycles. The van der Waals surface area contributed by atoms with Crippen molar-refractivity contribution in [2.75, 3.05) is 0 Å². The van der Waals surface area contributed by atoms with Crippen LogP contribution in [-0.4, -0.2) is 23.1 Å². The van der Waals surface area contributed by atoms with E-state index in [-0.39, 0.29) is 1.43 Å². The van der Waals surface area contributed by atoms with Gasteiger partial charge in [-0.3, -0.25) is 4.79 Å². The highest BCUT2D eigenvalue weighted by atomic mass is 16.6. The maximum absolute atomic E-state index is 10.7. The van der Waals surface area contributed by atoms with Gasteiger partial charge in [-0.05, 0) is 39.7 Å². The maximum Gasteiger partial charge on any atom is 0.336 e. The van der Waals surface area contributed by atoms with Crippen LogP contribution in [0.15, 0.2) is 35.5 Å². The lowest BCUT2D eigenvalue weighted by Crippen LogP contribution is -2.07. The van der Waals surface area contributed by atoms with Crippen molar-refractivity contribution in [3.05, 3.63) is 35.5 Å². The molecule has 0 aromatic rings. The minimum atomic E-state index is -1.00. The van der Waals surface area contributed by atoms with E-state index in [0.717, 1.165) is 18.4 Å². The number of cyclic esters (lactones) is 1. The van der Waals surface area contributed by atoms with Crippen LogP contribution in [0.3, 0.4) is 0 Å². The van der Waals surface area contributed by atoms with Gasteiger partial charge >= 0.3 is 5.97 Å². The van der Waals surface area contributed by atoms with Gasteiger partial charge in [0.2, 0.25) is 6.29 Å². The lowest BCUT2D eigenvalue weighted by atomic mass is 10.2. The van der Waals surface area contributed by atoms with E-state index in [1.54, 1.807) is 13.8 Å². The predicted octanol–water partition coefficient (Wildman–Crippen LogP) is 2.93. The Morgan fingerprint density at radius 1 is 1.11 bits per heavy atom. The first-order valence-corrected chi connectivity index (χ1v) is 6.10. The Hall–Kier alpha value is -1.68. The number of carbonyl (C=O) groups is 2. The monoisotopic (exact) mass is 268 g/mol. The third kappa shape index (κ3) is 4.48. The molecule has 2 aliphatic rings. The SMILES string of the molecule is C=C.CC1=C(C)C(=O)CC1.CC1=C(C)C(O)OC1=O.[HH]. The van der Waals surface area contributed by atoms with Crippen LogP contribution in [0.4, 0.5) is 0 Å². The molecule has 4 heteroatoms. The molecule has 0 saturated carbocycles. The molecule has 0 bridgehead atoms. The van der Waals surface area contributed by atoms with Crippen molar-refractivity contribution in [2.24, 2.45) is 0 Å². The Morgan fingerprint density at radius 2 is 1.63 bits per heavy atom. The molecule has 0 spiro atoms. The zero-order valence-electron chi connectivity index (χ0n) is 12.1. The molecule has 1 heterocycles. The quantitative estimate of drug-likeness (QED) is 0.542. The average molecular weight is 268 g/mol. The summed E-state index contributed by atoms with van der Waals surface area (Å²) < 4.78 is 4.43. The normalized spacial score (nSPS) is 21.6. The Balaban J connectivity index is 0. The molecule has 1 unspecified atom stereocenters. The third-order valence-corrected chi connectivity index (χ3v) is 3.27. The van der Waals surface area contributed by atoms with Gasteiger partial charge in [0.25, 0.3) is 0 Å². The molecule has 4 nitrogen and oxygen atoms in total. The van der Waals surface area contributed by atoms with Crippen molar-refractivity contribution in [2.45, 2.75) is 46.8 Å². The van der Waals surface area contributed by atoms with Gasteiger partial charge in [-0.2, -0.15) is 0 Å². The van der Waals surface area contributed by atoms with E-state index in [9.17, 15) is 9.59 Å². The topological polar surface area (TPSA) is 63.6 Å². The number of ether oxygens (including phenoxy) is 1. The van der Waals surface area contributed by atoms with Gasteiger partial charge in [-0.15, -0.1) is 13.2 Å². The summed E-state index contributed by atoms with van der Waals surface area (Å²) in [6, 6.07) is 0. The summed E-state index contributed by atoms with van der Waals surface area (Å²) >= 11 is 0. The molecule has 2 rings (SSSR count). The number of Topliss-reactive ketones (excluding diaryl/α,β-unsaturated/α-hetero) is 1. The largest absolute Gasteiger partial charge is 0.428 e. The molecule has 108 valence electrons. The standard InChI is InChI=1S/C7H10O.C6H8O3.C2H4.H2/c1-5-3-4-7(8)6(5)2;1-3-4(2)6(8)9-5(3)7;1-2;/h3-4H2,1-2H3;5,7H,1-2H3;1-2H2;1H. The van der Waals surface area contributed by atoms with Gasteiger partial charge in [-0.1, -0.05) is 5.57 Å². The van der Waals surface area contributed by atoms with E-state index in [1.807, 2.05) is 13.8 Å². The lowest BCUT2D eigenvalue weighted by Gasteiger charge is -1.99. The zero-order chi connectivity index (χ0) is 15.2. The molecule has 0 aromatic heterocycles.